The number of aliphatic hydroxyl groups excluding tert-OH is 1. The Labute approximate surface area is 102 Å². The average Bonchev–Trinajstić information content (AvgIpc) is 3.03. The highest BCUT2D eigenvalue weighted by atomic mass is 16.3. The molecular formula is C13H22N2O2. The molecule has 2 aliphatic heterocycles. The lowest BCUT2D eigenvalue weighted by atomic mass is 9.91. The van der Waals surface area contributed by atoms with Crippen LogP contribution in [-0.2, 0) is 4.79 Å². The monoisotopic (exact) mass is 238 g/mol. The fourth-order valence-electron chi connectivity index (χ4n) is 3.55. The average molecular weight is 238 g/mol. The van der Waals surface area contributed by atoms with Crippen LogP contribution in [0.25, 0.3) is 0 Å². The van der Waals surface area contributed by atoms with Crippen molar-refractivity contribution in [2.24, 2.45) is 11.3 Å². The van der Waals surface area contributed by atoms with Gasteiger partial charge in [-0.1, -0.05) is 0 Å². The van der Waals surface area contributed by atoms with Crippen LogP contribution in [0.3, 0.4) is 0 Å². The van der Waals surface area contributed by atoms with Crippen LogP contribution in [0.15, 0.2) is 0 Å². The number of rotatable bonds is 1. The second-order valence-corrected chi connectivity index (χ2v) is 5.95. The summed E-state index contributed by atoms with van der Waals surface area (Å²) in [5, 5.41) is 13.0. The van der Waals surface area contributed by atoms with Crippen LogP contribution in [0.1, 0.15) is 32.1 Å². The maximum absolute atomic E-state index is 12.4. The summed E-state index contributed by atoms with van der Waals surface area (Å²) >= 11 is 0. The molecule has 2 unspecified atom stereocenters. The van der Waals surface area contributed by atoms with Crippen LogP contribution in [0.4, 0.5) is 0 Å². The molecule has 96 valence electrons. The van der Waals surface area contributed by atoms with Gasteiger partial charge in [-0.25, -0.2) is 0 Å². The van der Waals surface area contributed by atoms with Crippen molar-refractivity contribution in [1.82, 2.24) is 10.2 Å². The number of nitrogens with one attached hydrogen (secondary N) is 1. The molecule has 2 atom stereocenters. The fourth-order valence-corrected chi connectivity index (χ4v) is 3.55. The fraction of sp³-hybridized carbons (Fsp3) is 0.923. The predicted molar refractivity (Wildman–Crippen MR) is 64.5 cm³/mol. The van der Waals surface area contributed by atoms with E-state index in [2.05, 4.69) is 5.32 Å². The second kappa shape index (κ2) is 4.25. The van der Waals surface area contributed by atoms with Gasteiger partial charge in [0, 0.05) is 19.0 Å². The first-order chi connectivity index (χ1) is 8.21. The van der Waals surface area contributed by atoms with Crippen molar-refractivity contribution in [3.8, 4) is 0 Å². The molecule has 1 saturated carbocycles. The van der Waals surface area contributed by atoms with Crippen LogP contribution in [-0.4, -0.2) is 48.2 Å². The molecule has 3 fully saturated rings. The van der Waals surface area contributed by atoms with Gasteiger partial charge in [0.2, 0.25) is 5.91 Å². The number of piperidine rings is 2. The molecule has 3 aliphatic rings. The van der Waals surface area contributed by atoms with Gasteiger partial charge in [-0.3, -0.25) is 4.79 Å². The normalized spacial score (nSPS) is 35.9. The van der Waals surface area contributed by atoms with Gasteiger partial charge in [-0.05, 0) is 50.6 Å². The topological polar surface area (TPSA) is 52.6 Å². The van der Waals surface area contributed by atoms with Crippen molar-refractivity contribution < 1.29 is 9.90 Å². The maximum Gasteiger partial charge on any atom is 0.226 e. The summed E-state index contributed by atoms with van der Waals surface area (Å²) in [6.45, 7) is 3.53. The zero-order valence-electron chi connectivity index (χ0n) is 10.3. The summed E-state index contributed by atoms with van der Waals surface area (Å²) in [4.78, 5) is 14.3. The lowest BCUT2D eigenvalue weighted by Crippen LogP contribution is -2.44. The molecule has 3 rings (SSSR count). The number of aliphatic hydroxyl groups is 1. The largest absolute Gasteiger partial charge is 0.391 e. The van der Waals surface area contributed by atoms with Crippen LogP contribution in [0, 0.1) is 11.3 Å². The highest BCUT2D eigenvalue weighted by molar-refractivity contribution is 5.83. The van der Waals surface area contributed by atoms with Gasteiger partial charge in [0.05, 0.1) is 6.10 Å². The number of carbonyl (C=O) groups is 1. The molecule has 1 aliphatic carbocycles. The number of carbonyl (C=O) groups excluding carboxylic acids is 1. The van der Waals surface area contributed by atoms with E-state index in [1.165, 1.54) is 0 Å². The van der Waals surface area contributed by atoms with E-state index in [-0.39, 0.29) is 12.0 Å². The van der Waals surface area contributed by atoms with E-state index in [1.54, 1.807) is 0 Å². The summed E-state index contributed by atoms with van der Waals surface area (Å²) in [5.41, 5.74) is 0.324. The third-order valence-corrected chi connectivity index (χ3v) is 4.80. The Balaban J connectivity index is 1.60. The minimum atomic E-state index is -0.296. The van der Waals surface area contributed by atoms with E-state index in [4.69, 9.17) is 0 Å². The molecule has 17 heavy (non-hydrogen) atoms. The molecule has 2 saturated heterocycles. The Morgan fingerprint density at radius 1 is 1.35 bits per heavy atom. The van der Waals surface area contributed by atoms with Gasteiger partial charge in [0.1, 0.15) is 0 Å². The highest BCUT2D eigenvalue weighted by Crippen LogP contribution is 2.59. The number of β-amino-alcohol motifs (C(OH)–C–C–N with tert-alkyl or cyclic N) is 1. The molecule has 0 aromatic heterocycles. The summed E-state index contributed by atoms with van der Waals surface area (Å²) < 4.78 is 0. The Hall–Kier alpha value is -0.610. The van der Waals surface area contributed by atoms with E-state index in [1.807, 2.05) is 4.90 Å². The van der Waals surface area contributed by atoms with Crippen molar-refractivity contribution in [2.45, 2.75) is 38.2 Å². The van der Waals surface area contributed by atoms with Gasteiger partial charge in [0.25, 0.3) is 0 Å². The molecule has 0 aromatic carbocycles. The summed E-state index contributed by atoms with van der Waals surface area (Å²) in [7, 11) is 0. The van der Waals surface area contributed by atoms with Gasteiger partial charge in [-0.15, -0.1) is 0 Å². The van der Waals surface area contributed by atoms with Crippen LogP contribution >= 0.6 is 0 Å². The maximum atomic E-state index is 12.4. The highest BCUT2D eigenvalue weighted by Gasteiger charge is 2.58. The molecule has 4 heteroatoms. The molecule has 0 aromatic rings. The van der Waals surface area contributed by atoms with E-state index in [0.29, 0.717) is 17.9 Å². The number of amides is 1. The minimum Gasteiger partial charge on any atom is -0.391 e. The van der Waals surface area contributed by atoms with Gasteiger partial charge in [-0.2, -0.15) is 0 Å². The molecule has 2 heterocycles. The molecule has 1 spiro atoms. The van der Waals surface area contributed by atoms with Crippen LogP contribution in [0.5, 0.6) is 0 Å². The number of likely N-dealkylation sites (tertiary alicyclic amines) is 1. The minimum absolute atomic E-state index is 0.259. The Morgan fingerprint density at radius 3 is 2.82 bits per heavy atom. The lowest BCUT2D eigenvalue weighted by Gasteiger charge is -2.31. The predicted octanol–water partition coefficient (Wildman–Crippen LogP) is 0.359. The van der Waals surface area contributed by atoms with Crippen molar-refractivity contribution in [2.75, 3.05) is 26.2 Å². The Morgan fingerprint density at radius 2 is 2.12 bits per heavy atom. The summed E-state index contributed by atoms with van der Waals surface area (Å²) in [6, 6.07) is 0. The lowest BCUT2D eigenvalue weighted by molar-refractivity contribution is -0.136. The van der Waals surface area contributed by atoms with E-state index in [9.17, 15) is 9.90 Å². The molecule has 4 nitrogen and oxygen atoms in total. The van der Waals surface area contributed by atoms with E-state index < -0.39 is 0 Å². The number of hydrogen-bond donors (Lipinski definition) is 2. The standard InChI is InChI=1S/C13H22N2O2/c16-10-2-1-7-15(9-10)12(17)11-8-13(11)3-5-14-6-4-13/h10-11,14,16H,1-9H2. The molecule has 0 radical (unpaired) electrons. The second-order valence-electron chi connectivity index (χ2n) is 5.95. The van der Waals surface area contributed by atoms with Crippen molar-refractivity contribution in [1.29, 1.82) is 0 Å². The van der Waals surface area contributed by atoms with Crippen molar-refractivity contribution in [3.63, 3.8) is 0 Å². The zero-order chi connectivity index (χ0) is 11.9. The van der Waals surface area contributed by atoms with E-state index in [0.717, 1.165) is 51.7 Å². The number of hydrogen-bond acceptors (Lipinski definition) is 3. The molecule has 1 amide bonds. The first-order valence-corrected chi connectivity index (χ1v) is 6.89. The van der Waals surface area contributed by atoms with Crippen molar-refractivity contribution >= 4 is 5.91 Å². The van der Waals surface area contributed by atoms with Gasteiger partial charge < -0.3 is 15.3 Å². The van der Waals surface area contributed by atoms with Gasteiger partial charge in [0.15, 0.2) is 0 Å². The Kier molecular flexibility index (Phi) is 2.87. The Bertz CT molecular complexity index is 313. The third kappa shape index (κ3) is 2.08. The number of nitrogens with zero attached hydrogens (tertiary/aromatic N) is 1. The van der Waals surface area contributed by atoms with Crippen molar-refractivity contribution in [3.05, 3.63) is 0 Å². The molecule has 2 N–H and O–H groups in total. The molecular weight excluding hydrogens is 216 g/mol. The third-order valence-electron chi connectivity index (χ3n) is 4.80. The molecule has 0 bridgehead atoms. The summed E-state index contributed by atoms with van der Waals surface area (Å²) in [6.07, 6.45) is 4.90. The first kappa shape index (κ1) is 11.5. The first-order valence-electron chi connectivity index (χ1n) is 6.89. The smallest absolute Gasteiger partial charge is 0.226 e. The zero-order valence-corrected chi connectivity index (χ0v) is 10.3. The van der Waals surface area contributed by atoms with Crippen LogP contribution in [0.2, 0.25) is 0 Å². The van der Waals surface area contributed by atoms with E-state index >= 15 is 0 Å². The van der Waals surface area contributed by atoms with Gasteiger partial charge >= 0.3 is 0 Å². The summed E-state index contributed by atoms with van der Waals surface area (Å²) in [5.74, 6) is 0.570. The SMILES string of the molecule is O=C(C1CC12CCNCC2)N1CCCC(O)C1. The quantitative estimate of drug-likeness (QED) is 0.693. The van der Waals surface area contributed by atoms with Crippen LogP contribution < -0.4 is 5.32 Å².